The van der Waals surface area contributed by atoms with Crippen LogP contribution in [0, 0.1) is 0 Å². The van der Waals surface area contributed by atoms with E-state index in [-0.39, 0.29) is 5.41 Å². The van der Waals surface area contributed by atoms with Gasteiger partial charge in [-0.3, -0.25) is 0 Å². The van der Waals surface area contributed by atoms with Crippen molar-refractivity contribution in [1.29, 1.82) is 0 Å². The minimum Gasteiger partial charge on any atom is -0.448 e. The van der Waals surface area contributed by atoms with Crippen LogP contribution in [-0.2, 0) is 5.41 Å². The van der Waals surface area contributed by atoms with Crippen LogP contribution in [-0.4, -0.2) is 29.5 Å². The third-order valence-corrected chi connectivity index (χ3v) is 3.45. The number of nitrogens with zero attached hydrogens (tertiary/aromatic N) is 2. The lowest BCUT2D eigenvalue weighted by Crippen LogP contribution is -2.36. The number of rotatable bonds is 1. The molecule has 3 heterocycles. The van der Waals surface area contributed by atoms with E-state index >= 15 is 0 Å². The molecule has 70 valence electrons. The lowest BCUT2D eigenvalue weighted by molar-refractivity contribution is 0.214. The standard InChI is InChI=1S/C10H14N2O/c1-2-10(9-11-4-7-13-9)3-6-12(5-1)8-10/h4,7H,1-3,5-6,8H2. The van der Waals surface area contributed by atoms with E-state index in [2.05, 4.69) is 9.88 Å². The Balaban J connectivity index is 1.97. The van der Waals surface area contributed by atoms with Gasteiger partial charge in [0.05, 0.1) is 11.6 Å². The SMILES string of the molecule is c1coc(C23CCCN(CC2)C3)n1. The molecule has 0 saturated carbocycles. The summed E-state index contributed by atoms with van der Waals surface area (Å²) in [5, 5.41) is 0. The first-order chi connectivity index (χ1) is 6.39. The summed E-state index contributed by atoms with van der Waals surface area (Å²) in [6.45, 7) is 3.65. The van der Waals surface area contributed by atoms with Crippen molar-refractivity contribution in [2.75, 3.05) is 19.6 Å². The van der Waals surface area contributed by atoms with Gasteiger partial charge in [-0.25, -0.2) is 4.98 Å². The second-order valence-electron chi connectivity index (χ2n) is 4.25. The first-order valence-electron chi connectivity index (χ1n) is 5.01. The summed E-state index contributed by atoms with van der Waals surface area (Å²) >= 11 is 0. The lowest BCUT2D eigenvalue weighted by atomic mass is 9.81. The third-order valence-electron chi connectivity index (χ3n) is 3.45. The quantitative estimate of drug-likeness (QED) is 0.651. The summed E-state index contributed by atoms with van der Waals surface area (Å²) in [6.07, 6.45) is 7.24. The zero-order valence-corrected chi connectivity index (χ0v) is 7.70. The van der Waals surface area contributed by atoms with Crippen molar-refractivity contribution in [3.8, 4) is 0 Å². The van der Waals surface area contributed by atoms with Crippen LogP contribution in [0.4, 0.5) is 0 Å². The molecule has 0 aliphatic carbocycles. The highest BCUT2D eigenvalue weighted by molar-refractivity contribution is 5.12. The van der Waals surface area contributed by atoms with Crippen molar-refractivity contribution >= 4 is 0 Å². The van der Waals surface area contributed by atoms with Crippen molar-refractivity contribution in [3.63, 3.8) is 0 Å². The molecule has 0 radical (unpaired) electrons. The first-order valence-corrected chi connectivity index (χ1v) is 5.01. The summed E-state index contributed by atoms with van der Waals surface area (Å²) in [7, 11) is 0. The van der Waals surface area contributed by atoms with Crippen LogP contribution < -0.4 is 0 Å². The van der Waals surface area contributed by atoms with Crippen LogP contribution in [0.25, 0.3) is 0 Å². The molecule has 2 unspecified atom stereocenters. The molecule has 3 heteroatoms. The Hall–Kier alpha value is -0.830. The molecular weight excluding hydrogens is 164 g/mol. The molecule has 3 nitrogen and oxygen atoms in total. The zero-order chi connectivity index (χ0) is 8.73. The molecule has 2 fully saturated rings. The van der Waals surface area contributed by atoms with Crippen LogP contribution >= 0.6 is 0 Å². The van der Waals surface area contributed by atoms with E-state index in [0.29, 0.717) is 0 Å². The fourth-order valence-electron chi connectivity index (χ4n) is 2.76. The van der Waals surface area contributed by atoms with Crippen LogP contribution in [0.15, 0.2) is 16.9 Å². The van der Waals surface area contributed by atoms with Gasteiger partial charge in [-0.05, 0) is 32.4 Å². The predicted octanol–water partition coefficient (Wildman–Crippen LogP) is 1.41. The summed E-state index contributed by atoms with van der Waals surface area (Å²) in [5.41, 5.74) is 0.266. The maximum atomic E-state index is 5.46. The van der Waals surface area contributed by atoms with E-state index in [1.807, 2.05) is 0 Å². The molecule has 2 aliphatic heterocycles. The molecular formula is C10H14N2O. The Morgan fingerprint density at radius 1 is 1.38 bits per heavy atom. The molecule has 3 rings (SSSR count). The number of piperidine rings is 1. The topological polar surface area (TPSA) is 29.3 Å². The number of oxazole rings is 1. The third kappa shape index (κ3) is 1.03. The second-order valence-corrected chi connectivity index (χ2v) is 4.25. The highest BCUT2D eigenvalue weighted by atomic mass is 16.3. The predicted molar refractivity (Wildman–Crippen MR) is 48.5 cm³/mol. The second kappa shape index (κ2) is 2.58. The average Bonchev–Trinajstić information content (AvgIpc) is 2.75. The molecule has 13 heavy (non-hydrogen) atoms. The van der Waals surface area contributed by atoms with Crippen LogP contribution in [0.2, 0.25) is 0 Å². The minimum absolute atomic E-state index is 0.266. The largest absolute Gasteiger partial charge is 0.448 e. The van der Waals surface area contributed by atoms with Gasteiger partial charge in [-0.1, -0.05) is 0 Å². The van der Waals surface area contributed by atoms with Crippen molar-refractivity contribution in [3.05, 3.63) is 18.4 Å². The first kappa shape index (κ1) is 7.56. The van der Waals surface area contributed by atoms with Gasteiger partial charge >= 0.3 is 0 Å². The number of fused-ring (bicyclic) bond motifs is 2. The van der Waals surface area contributed by atoms with E-state index in [0.717, 1.165) is 12.4 Å². The fraction of sp³-hybridized carbons (Fsp3) is 0.700. The Morgan fingerprint density at radius 2 is 2.38 bits per heavy atom. The van der Waals surface area contributed by atoms with Crippen molar-refractivity contribution in [1.82, 2.24) is 9.88 Å². The Morgan fingerprint density at radius 3 is 3.23 bits per heavy atom. The smallest absolute Gasteiger partial charge is 0.201 e. The number of hydrogen-bond donors (Lipinski definition) is 0. The number of hydrogen-bond acceptors (Lipinski definition) is 3. The number of aromatic nitrogens is 1. The molecule has 0 N–H and O–H groups in total. The van der Waals surface area contributed by atoms with E-state index in [1.54, 1.807) is 12.5 Å². The van der Waals surface area contributed by atoms with Gasteiger partial charge in [-0.15, -0.1) is 0 Å². The van der Waals surface area contributed by atoms with Gasteiger partial charge in [-0.2, -0.15) is 0 Å². The fourth-order valence-corrected chi connectivity index (χ4v) is 2.76. The van der Waals surface area contributed by atoms with E-state index in [4.69, 9.17) is 4.42 Å². The Bertz CT molecular complexity index is 292. The molecule has 0 spiro atoms. The Labute approximate surface area is 77.7 Å². The summed E-state index contributed by atoms with van der Waals surface area (Å²) < 4.78 is 5.46. The van der Waals surface area contributed by atoms with Crippen molar-refractivity contribution < 1.29 is 4.42 Å². The van der Waals surface area contributed by atoms with E-state index < -0.39 is 0 Å². The van der Waals surface area contributed by atoms with Crippen molar-refractivity contribution in [2.24, 2.45) is 0 Å². The van der Waals surface area contributed by atoms with Gasteiger partial charge in [0, 0.05) is 6.54 Å². The molecule has 2 aliphatic rings. The monoisotopic (exact) mass is 178 g/mol. The summed E-state index contributed by atoms with van der Waals surface area (Å²) in [6, 6.07) is 0. The van der Waals surface area contributed by atoms with Gasteiger partial charge in [0.25, 0.3) is 0 Å². The van der Waals surface area contributed by atoms with E-state index in [9.17, 15) is 0 Å². The van der Waals surface area contributed by atoms with E-state index in [1.165, 1.54) is 32.4 Å². The van der Waals surface area contributed by atoms with Crippen molar-refractivity contribution in [2.45, 2.75) is 24.7 Å². The zero-order valence-electron chi connectivity index (χ0n) is 7.70. The average molecular weight is 178 g/mol. The summed E-state index contributed by atoms with van der Waals surface area (Å²) in [4.78, 5) is 6.84. The van der Waals surface area contributed by atoms with Gasteiger partial charge in [0.15, 0.2) is 0 Å². The molecule has 2 bridgehead atoms. The minimum atomic E-state index is 0.266. The van der Waals surface area contributed by atoms with Gasteiger partial charge in [0.1, 0.15) is 6.26 Å². The highest BCUT2D eigenvalue weighted by Gasteiger charge is 2.45. The molecule has 2 saturated heterocycles. The molecule has 1 aromatic heterocycles. The highest BCUT2D eigenvalue weighted by Crippen LogP contribution is 2.40. The molecule has 0 amide bonds. The summed E-state index contributed by atoms with van der Waals surface area (Å²) in [5.74, 6) is 0.967. The maximum Gasteiger partial charge on any atom is 0.201 e. The molecule has 1 aromatic rings. The van der Waals surface area contributed by atoms with Crippen LogP contribution in [0.5, 0.6) is 0 Å². The molecule has 2 atom stereocenters. The normalized spacial score (nSPS) is 38.0. The lowest BCUT2D eigenvalue weighted by Gasteiger charge is -2.30. The maximum absolute atomic E-state index is 5.46. The van der Waals surface area contributed by atoms with Crippen LogP contribution in [0.3, 0.4) is 0 Å². The molecule has 0 aromatic carbocycles. The Kier molecular flexibility index (Phi) is 1.50. The van der Waals surface area contributed by atoms with Crippen LogP contribution in [0.1, 0.15) is 25.2 Å². The van der Waals surface area contributed by atoms with Gasteiger partial charge in [0.2, 0.25) is 5.89 Å². The van der Waals surface area contributed by atoms with Gasteiger partial charge < -0.3 is 9.32 Å².